The van der Waals surface area contributed by atoms with E-state index < -0.39 is 0 Å². The Morgan fingerprint density at radius 2 is 1.93 bits per heavy atom. The lowest BCUT2D eigenvalue weighted by Crippen LogP contribution is -2.45. The molecule has 1 unspecified atom stereocenters. The number of aryl methyl sites for hydroxylation is 1. The van der Waals surface area contributed by atoms with Crippen LogP contribution in [0, 0.1) is 12.8 Å². The van der Waals surface area contributed by atoms with Gasteiger partial charge in [0.2, 0.25) is 5.91 Å². The van der Waals surface area contributed by atoms with Gasteiger partial charge in [0.25, 0.3) is 0 Å². The zero-order valence-corrected chi connectivity index (χ0v) is 28.9. The number of allylic oxidation sites excluding steroid dienone is 5. The molecule has 4 aliphatic rings. The van der Waals surface area contributed by atoms with Gasteiger partial charge in [0.15, 0.2) is 0 Å². The Hall–Kier alpha value is -2.87. The van der Waals surface area contributed by atoms with E-state index in [9.17, 15) is 9.90 Å². The summed E-state index contributed by atoms with van der Waals surface area (Å²) < 4.78 is 5.69. The Bertz CT molecular complexity index is 1380. The molecule has 2 bridgehead atoms. The van der Waals surface area contributed by atoms with Gasteiger partial charge in [-0.1, -0.05) is 51.5 Å². The molecule has 2 fully saturated rings. The molecule has 3 heterocycles. The first-order chi connectivity index (χ1) is 22.3. The number of likely N-dealkylation sites (tertiary alicyclic amines) is 2. The maximum atomic E-state index is 13.0. The molecule has 46 heavy (non-hydrogen) atoms. The van der Waals surface area contributed by atoms with Gasteiger partial charge >= 0.3 is 0 Å². The molecule has 3 aliphatic heterocycles. The number of ether oxygens (including phenoxy) is 1. The zero-order valence-electron chi connectivity index (χ0n) is 28.9. The number of carbonyl (C=O) groups is 1. The van der Waals surface area contributed by atoms with Crippen LogP contribution in [-0.4, -0.2) is 91.5 Å². The van der Waals surface area contributed by atoms with E-state index in [0.717, 1.165) is 88.7 Å². The molecule has 1 N–H and O–H groups in total. The van der Waals surface area contributed by atoms with Crippen molar-refractivity contribution in [2.45, 2.75) is 103 Å². The van der Waals surface area contributed by atoms with Crippen molar-refractivity contribution < 1.29 is 14.6 Å². The number of aliphatic hydroxyl groups excluding tert-OH is 1. The fraction of sp³-hybridized carbons (Fsp3) is 0.615. The van der Waals surface area contributed by atoms with Crippen LogP contribution >= 0.6 is 0 Å². The second-order valence-corrected chi connectivity index (χ2v) is 14.0. The molecule has 2 saturated heterocycles. The summed E-state index contributed by atoms with van der Waals surface area (Å²) >= 11 is 0. The number of aliphatic imine (C=N–C) groups is 2. The van der Waals surface area contributed by atoms with Crippen LogP contribution in [-0.2, 0) is 9.53 Å². The molecule has 0 radical (unpaired) electrons. The molecular weight excluding hydrogens is 572 g/mol. The lowest BCUT2D eigenvalue weighted by Gasteiger charge is -2.34. The predicted molar refractivity (Wildman–Crippen MR) is 190 cm³/mol. The summed E-state index contributed by atoms with van der Waals surface area (Å²) in [6.07, 6.45) is 15.6. The Labute approximate surface area is 277 Å². The maximum absolute atomic E-state index is 13.0. The number of aliphatic hydroxyl groups is 1. The summed E-state index contributed by atoms with van der Waals surface area (Å²) in [5, 5.41) is 9.68. The van der Waals surface area contributed by atoms with Crippen LogP contribution in [0.4, 0.5) is 0 Å². The molecule has 7 heteroatoms. The van der Waals surface area contributed by atoms with E-state index in [1.54, 1.807) is 13.4 Å². The first-order valence-electron chi connectivity index (χ1n) is 17.8. The van der Waals surface area contributed by atoms with Crippen LogP contribution in [0.5, 0.6) is 0 Å². The summed E-state index contributed by atoms with van der Waals surface area (Å²) in [7, 11) is 1.77. The fourth-order valence-corrected chi connectivity index (χ4v) is 7.92. The molecule has 0 aromatic heterocycles. The van der Waals surface area contributed by atoms with Crippen molar-refractivity contribution in [3.05, 3.63) is 63.8 Å². The standard InChI is InChI=1S/C39H56N4O3/c1-6-9-35(31-10-7-11-33-22-37(41-26-40-33)32(20-31)25-46-5)39(27(2)3)36-21-30(14-13-28(36)4)29-15-18-42(19-16-29)23-38(45)43-17-8-12-34(43)24-44/h10,13-14,20-21,26-27,29,33-34,44H,6-9,11-12,15-19,22-25H2,1-5H3/b31-10+,32-20-,39-35+/t33?,34-/m0/s1. The van der Waals surface area contributed by atoms with Crippen molar-refractivity contribution >= 4 is 23.5 Å². The summed E-state index contributed by atoms with van der Waals surface area (Å²) in [4.78, 5) is 26.6. The van der Waals surface area contributed by atoms with E-state index in [1.807, 2.05) is 4.90 Å². The number of piperidine rings is 1. The fourth-order valence-electron chi connectivity index (χ4n) is 7.92. The first-order valence-corrected chi connectivity index (χ1v) is 17.8. The van der Waals surface area contributed by atoms with E-state index >= 15 is 0 Å². The average Bonchev–Trinajstić information content (AvgIpc) is 3.55. The van der Waals surface area contributed by atoms with Crippen molar-refractivity contribution in [1.29, 1.82) is 0 Å². The van der Waals surface area contributed by atoms with Crippen LogP contribution in [0.15, 0.2) is 57.1 Å². The van der Waals surface area contributed by atoms with E-state index in [1.165, 1.54) is 33.4 Å². The van der Waals surface area contributed by atoms with Gasteiger partial charge in [-0.15, -0.1) is 0 Å². The van der Waals surface area contributed by atoms with Crippen molar-refractivity contribution in [2.75, 3.05) is 46.5 Å². The maximum Gasteiger partial charge on any atom is 0.237 e. The van der Waals surface area contributed by atoms with Crippen LogP contribution in [0.2, 0.25) is 0 Å². The van der Waals surface area contributed by atoms with Gasteiger partial charge in [0.05, 0.1) is 31.8 Å². The molecule has 2 atom stereocenters. The Kier molecular flexibility index (Phi) is 12.2. The molecule has 1 aliphatic carbocycles. The number of hydrogen-bond acceptors (Lipinski definition) is 6. The molecule has 1 amide bonds. The minimum absolute atomic E-state index is 0.00363. The van der Waals surface area contributed by atoms with Gasteiger partial charge in [-0.2, -0.15) is 0 Å². The summed E-state index contributed by atoms with van der Waals surface area (Å²) in [6, 6.07) is 7.44. The second kappa shape index (κ2) is 16.3. The Balaban J connectivity index is 1.41. The molecule has 0 spiro atoms. The molecular formula is C39H56N4O3. The number of benzene rings is 1. The van der Waals surface area contributed by atoms with Gasteiger partial charge in [-0.3, -0.25) is 14.7 Å². The smallest absolute Gasteiger partial charge is 0.237 e. The van der Waals surface area contributed by atoms with Gasteiger partial charge in [0, 0.05) is 25.8 Å². The minimum Gasteiger partial charge on any atom is -0.394 e. The van der Waals surface area contributed by atoms with E-state index in [4.69, 9.17) is 9.73 Å². The highest BCUT2D eigenvalue weighted by molar-refractivity contribution is 6.05. The average molecular weight is 629 g/mol. The molecule has 0 saturated carbocycles. The van der Waals surface area contributed by atoms with E-state index in [0.29, 0.717) is 25.0 Å². The minimum atomic E-state index is 0.00363. The summed E-state index contributed by atoms with van der Waals surface area (Å²) in [5.41, 5.74) is 10.6. The topological polar surface area (TPSA) is 77.7 Å². The van der Waals surface area contributed by atoms with E-state index in [-0.39, 0.29) is 24.6 Å². The van der Waals surface area contributed by atoms with Crippen molar-refractivity contribution in [1.82, 2.24) is 9.80 Å². The molecule has 5 rings (SSSR count). The SMILES string of the molecule is CCCC(/C1=C/CCC2CC(=NC=N2)/C(COC)=C\1)=C(\c1cc(C2CCN(CC(=O)N3CCC[C@H]3CO)CC2)ccc1C)C(C)C. The van der Waals surface area contributed by atoms with Crippen LogP contribution in [0.1, 0.15) is 101 Å². The van der Waals surface area contributed by atoms with E-state index in [2.05, 4.69) is 67.9 Å². The molecule has 1 aromatic carbocycles. The number of carbonyl (C=O) groups excluding carboxylic acids is 1. The second-order valence-electron chi connectivity index (χ2n) is 14.0. The van der Waals surface area contributed by atoms with Gasteiger partial charge < -0.3 is 14.7 Å². The third-order valence-electron chi connectivity index (χ3n) is 10.4. The summed E-state index contributed by atoms with van der Waals surface area (Å²) in [6.45, 7) is 13.0. The number of rotatable bonds is 11. The summed E-state index contributed by atoms with van der Waals surface area (Å²) in [5.74, 6) is 1.03. The molecule has 1 aromatic rings. The third-order valence-corrected chi connectivity index (χ3v) is 10.4. The molecule has 7 nitrogen and oxygen atoms in total. The normalized spacial score (nSPS) is 25.6. The lowest BCUT2D eigenvalue weighted by molar-refractivity contribution is -0.134. The van der Waals surface area contributed by atoms with Gasteiger partial charge in [-0.25, -0.2) is 4.99 Å². The van der Waals surface area contributed by atoms with Crippen molar-refractivity contribution in [3.63, 3.8) is 0 Å². The molecule has 250 valence electrons. The number of amides is 1. The quantitative estimate of drug-likeness (QED) is 0.289. The number of hydrogen-bond donors (Lipinski definition) is 1. The Morgan fingerprint density at radius 1 is 1.13 bits per heavy atom. The first kappa shape index (κ1) is 34.5. The van der Waals surface area contributed by atoms with Gasteiger partial charge in [0.1, 0.15) is 6.34 Å². The number of nitrogens with zero attached hydrogens (tertiary/aromatic N) is 4. The van der Waals surface area contributed by atoms with Gasteiger partial charge in [-0.05, 0) is 122 Å². The third kappa shape index (κ3) is 8.15. The highest BCUT2D eigenvalue weighted by Crippen LogP contribution is 2.39. The number of methoxy groups -OCH3 is 1. The monoisotopic (exact) mass is 628 g/mol. The van der Waals surface area contributed by atoms with Crippen molar-refractivity contribution in [3.8, 4) is 0 Å². The zero-order chi connectivity index (χ0) is 32.6. The van der Waals surface area contributed by atoms with Crippen LogP contribution < -0.4 is 0 Å². The van der Waals surface area contributed by atoms with Crippen LogP contribution in [0.25, 0.3) is 5.57 Å². The highest BCUT2D eigenvalue weighted by Gasteiger charge is 2.31. The van der Waals surface area contributed by atoms with Crippen molar-refractivity contribution in [2.24, 2.45) is 15.9 Å². The highest BCUT2D eigenvalue weighted by atomic mass is 16.5. The van der Waals surface area contributed by atoms with Crippen LogP contribution in [0.3, 0.4) is 0 Å². The Morgan fingerprint density at radius 3 is 2.65 bits per heavy atom. The largest absolute Gasteiger partial charge is 0.394 e. The lowest BCUT2D eigenvalue weighted by atomic mass is 9.80. The number of fused-ring (bicyclic) bond motifs is 2. The predicted octanol–water partition coefficient (Wildman–Crippen LogP) is 6.90.